The van der Waals surface area contributed by atoms with Crippen molar-refractivity contribution in [3.05, 3.63) is 11.9 Å². The third-order valence-electron chi connectivity index (χ3n) is 1.65. The Kier molecular flexibility index (Phi) is 4.02. The van der Waals surface area contributed by atoms with Crippen molar-refractivity contribution < 1.29 is 8.42 Å². The lowest BCUT2D eigenvalue weighted by molar-refractivity contribution is 0.589. The molecular weight excluding hydrogens is 230 g/mol. The lowest BCUT2D eigenvalue weighted by Crippen LogP contribution is -2.27. The number of hydrogen-bond acceptors (Lipinski definition) is 6. The predicted molar refractivity (Wildman–Crippen MR) is 62.5 cm³/mol. The van der Waals surface area contributed by atoms with Crippen LogP contribution in [0.25, 0.3) is 0 Å². The van der Waals surface area contributed by atoms with E-state index in [4.69, 9.17) is 5.73 Å². The summed E-state index contributed by atoms with van der Waals surface area (Å²) in [5.41, 5.74) is 5.53. The summed E-state index contributed by atoms with van der Waals surface area (Å²) in [6, 6.07) is 1.59. The van der Waals surface area contributed by atoms with Crippen LogP contribution in [-0.4, -0.2) is 37.7 Å². The Balaban J connectivity index is 2.43. The Bertz CT molecular complexity index is 439. The Labute approximate surface area is 94.5 Å². The maximum atomic E-state index is 10.8. The van der Waals surface area contributed by atoms with Crippen LogP contribution in [0, 0.1) is 6.92 Å². The van der Waals surface area contributed by atoms with Crippen LogP contribution in [0.5, 0.6) is 0 Å². The summed E-state index contributed by atoms with van der Waals surface area (Å²) in [7, 11) is -3.14. The van der Waals surface area contributed by atoms with E-state index in [2.05, 4.69) is 20.0 Å². The molecule has 1 heterocycles. The number of anilines is 2. The fourth-order valence-electron chi connectivity index (χ4n) is 1.11. The van der Waals surface area contributed by atoms with Crippen molar-refractivity contribution in [2.75, 3.05) is 30.4 Å². The molecule has 16 heavy (non-hydrogen) atoms. The molecule has 0 fully saturated rings. The maximum absolute atomic E-state index is 10.8. The molecule has 90 valence electrons. The van der Waals surface area contributed by atoms with E-state index in [0.717, 1.165) is 6.26 Å². The molecule has 0 aliphatic rings. The number of hydrogen-bond donors (Lipinski definition) is 3. The van der Waals surface area contributed by atoms with E-state index >= 15 is 0 Å². The van der Waals surface area contributed by atoms with Gasteiger partial charge in [-0.15, -0.1) is 0 Å². The van der Waals surface area contributed by atoms with Gasteiger partial charge >= 0.3 is 0 Å². The number of nitrogens with one attached hydrogen (secondary N) is 2. The lowest BCUT2D eigenvalue weighted by Gasteiger charge is -2.07. The summed E-state index contributed by atoms with van der Waals surface area (Å²) in [4.78, 5) is 8.01. The number of nitrogens with two attached hydrogens (primary N) is 1. The normalized spacial score (nSPS) is 11.4. The molecule has 0 spiro atoms. The molecule has 0 unspecified atom stereocenters. The first-order chi connectivity index (χ1) is 7.37. The van der Waals surface area contributed by atoms with E-state index in [1.54, 1.807) is 13.0 Å². The number of aromatic nitrogens is 2. The van der Waals surface area contributed by atoms with Gasteiger partial charge in [0.25, 0.3) is 0 Å². The van der Waals surface area contributed by atoms with Gasteiger partial charge in [0.15, 0.2) is 0 Å². The van der Waals surface area contributed by atoms with E-state index in [1.807, 2.05) is 0 Å². The number of aryl methyl sites for hydroxylation is 1. The van der Waals surface area contributed by atoms with Gasteiger partial charge in [-0.2, -0.15) is 0 Å². The molecule has 0 atom stereocenters. The molecule has 7 nitrogen and oxygen atoms in total. The molecule has 0 aliphatic heterocycles. The molecule has 0 aromatic carbocycles. The SMILES string of the molecule is Cc1nc(N)cc(NCCNS(C)(=O)=O)n1. The second-order valence-corrected chi connectivity index (χ2v) is 5.15. The van der Waals surface area contributed by atoms with E-state index in [0.29, 0.717) is 30.5 Å². The zero-order valence-electron chi connectivity index (χ0n) is 9.19. The Morgan fingerprint density at radius 1 is 1.38 bits per heavy atom. The summed E-state index contributed by atoms with van der Waals surface area (Å²) < 4.78 is 23.9. The number of sulfonamides is 1. The van der Waals surface area contributed by atoms with E-state index in [1.165, 1.54) is 0 Å². The molecule has 0 radical (unpaired) electrons. The van der Waals surface area contributed by atoms with Gasteiger partial charge in [-0.3, -0.25) is 0 Å². The lowest BCUT2D eigenvalue weighted by atomic mass is 10.5. The third-order valence-corrected chi connectivity index (χ3v) is 2.38. The molecule has 0 aliphatic carbocycles. The molecular formula is C8H15N5O2S. The standard InChI is InChI=1S/C8H15N5O2S/c1-6-12-7(9)5-8(13-6)10-3-4-11-16(2,14)15/h5,11H,3-4H2,1-2H3,(H3,9,10,12,13). The molecule has 1 rings (SSSR count). The van der Waals surface area contributed by atoms with Crippen LogP contribution in [0.3, 0.4) is 0 Å². The number of nitrogen functional groups attached to an aromatic ring is 1. The van der Waals surface area contributed by atoms with Gasteiger partial charge in [-0.05, 0) is 6.92 Å². The highest BCUT2D eigenvalue weighted by molar-refractivity contribution is 7.88. The topological polar surface area (TPSA) is 110 Å². The predicted octanol–water partition coefficient (Wildman–Crippen LogP) is -0.672. The minimum Gasteiger partial charge on any atom is -0.384 e. The Hall–Kier alpha value is -1.41. The second-order valence-electron chi connectivity index (χ2n) is 3.32. The molecule has 4 N–H and O–H groups in total. The van der Waals surface area contributed by atoms with E-state index in [9.17, 15) is 8.42 Å². The average Bonchev–Trinajstić information content (AvgIpc) is 2.09. The average molecular weight is 245 g/mol. The van der Waals surface area contributed by atoms with Gasteiger partial charge < -0.3 is 11.1 Å². The van der Waals surface area contributed by atoms with Crippen molar-refractivity contribution in [3.63, 3.8) is 0 Å². The van der Waals surface area contributed by atoms with Crippen molar-refractivity contribution >= 4 is 21.7 Å². The molecule has 0 bridgehead atoms. The quantitative estimate of drug-likeness (QED) is 0.593. The van der Waals surface area contributed by atoms with Crippen molar-refractivity contribution in [2.24, 2.45) is 0 Å². The summed E-state index contributed by atoms with van der Waals surface area (Å²) in [6.45, 7) is 2.46. The molecule has 0 saturated heterocycles. The van der Waals surface area contributed by atoms with Crippen molar-refractivity contribution in [2.45, 2.75) is 6.92 Å². The fraction of sp³-hybridized carbons (Fsp3) is 0.500. The van der Waals surface area contributed by atoms with Crippen molar-refractivity contribution in [1.29, 1.82) is 0 Å². The second kappa shape index (κ2) is 5.08. The Morgan fingerprint density at radius 2 is 2.06 bits per heavy atom. The zero-order chi connectivity index (χ0) is 12.2. The van der Waals surface area contributed by atoms with Crippen molar-refractivity contribution in [3.8, 4) is 0 Å². The van der Waals surface area contributed by atoms with E-state index in [-0.39, 0.29) is 0 Å². The van der Waals surface area contributed by atoms with Crippen LogP contribution in [0.4, 0.5) is 11.6 Å². The van der Waals surface area contributed by atoms with Gasteiger partial charge in [0, 0.05) is 19.2 Å². The van der Waals surface area contributed by atoms with E-state index < -0.39 is 10.0 Å². The molecule has 0 amide bonds. The molecule has 1 aromatic rings. The van der Waals surface area contributed by atoms with Crippen LogP contribution in [0.2, 0.25) is 0 Å². The highest BCUT2D eigenvalue weighted by atomic mass is 32.2. The smallest absolute Gasteiger partial charge is 0.208 e. The van der Waals surface area contributed by atoms with Gasteiger partial charge in [0.1, 0.15) is 17.5 Å². The van der Waals surface area contributed by atoms with Crippen molar-refractivity contribution in [1.82, 2.24) is 14.7 Å². The summed E-state index contributed by atoms with van der Waals surface area (Å²) in [6.07, 6.45) is 1.11. The first kappa shape index (κ1) is 12.7. The third kappa shape index (κ3) is 4.89. The van der Waals surface area contributed by atoms with Crippen LogP contribution in [0.15, 0.2) is 6.07 Å². The summed E-state index contributed by atoms with van der Waals surface area (Å²) in [5, 5.41) is 2.94. The first-order valence-electron chi connectivity index (χ1n) is 4.66. The van der Waals surface area contributed by atoms with Crippen LogP contribution >= 0.6 is 0 Å². The van der Waals surface area contributed by atoms with Gasteiger partial charge in [0.05, 0.1) is 6.26 Å². The van der Waals surface area contributed by atoms with Crippen LogP contribution in [-0.2, 0) is 10.0 Å². The fourth-order valence-corrected chi connectivity index (χ4v) is 1.58. The van der Waals surface area contributed by atoms with Gasteiger partial charge in [-0.1, -0.05) is 0 Å². The molecule has 0 saturated carbocycles. The van der Waals surface area contributed by atoms with Gasteiger partial charge in [-0.25, -0.2) is 23.1 Å². The zero-order valence-corrected chi connectivity index (χ0v) is 10.0. The highest BCUT2D eigenvalue weighted by Crippen LogP contribution is 2.06. The van der Waals surface area contributed by atoms with Gasteiger partial charge in [0.2, 0.25) is 10.0 Å². The summed E-state index contributed by atoms with van der Waals surface area (Å²) >= 11 is 0. The first-order valence-corrected chi connectivity index (χ1v) is 6.55. The number of rotatable bonds is 5. The molecule has 8 heteroatoms. The maximum Gasteiger partial charge on any atom is 0.208 e. The largest absolute Gasteiger partial charge is 0.384 e. The highest BCUT2D eigenvalue weighted by Gasteiger charge is 2.00. The summed E-state index contributed by atoms with van der Waals surface area (Å²) in [5.74, 6) is 1.53. The minimum atomic E-state index is -3.14. The molecule has 1 aromatic heterocycles. The minimum absolute atomic E-state index is 0.293. The monoisotopic (exact) mass is 245 g/mol. The number of nitrogens with zero attached hydrogens (tertiary/aromatic N) is 2. The van der Waals surface area contributed by atoms with Crippen LogP contribution in [0.1, 0.15) is 5.82 Å². The Morgan fingerprint density at radius 3 is 2.62 bits per heavy atom. The van der Waals surface area contributed by atoms with Crippen LogP contribution < -0.4 is 15.8 Å².